The molecule has 1 fully saturated rings. The lowest BCUT2D eigenvalue weighted by Gasteiger charge is -2.08. The van der Waals surface area contributed by atoms with Crippen LogP contribution in [0.15, 0.2) is 54.7 Å². The number of pyridine rings is 1. The van der Waals surface area contributed by atoms with E-state index in [2.05, 4.69) is 4.98 Å². The van der Waals surface area contributed by atoms with Crippen LogP contribution in [0.1, 0.15) is 28.9 Å². The number of Topliss-reactive ketones (excluding diaryl/α,β-unsaturated/α-hetero) is 1. The van der Waals surface area contributed by atoms with Gasteiger partial charge in [-0.1, -0.05) is 17.7 Å². The molecule has 1 atom stereocenters. The topological polar surface area (TPSA) is 102 Å². The van der Waals surface area contributed by atoms with Crippen LogP contribution in [0.4, 0.5) is 4.39 Å². The van der Waals surface area contributed by atoms with Gasteiger partial charge < -0.3 is 5.11 Å². The Balaban J connectivity index is 1.62. The first-order valence-electron chi connectivity index (χ1n) is 11.0. The van der Waals surface area contributed by atoms with Gasteiger partial charge in [0, 0.05) is 29.1 Å². The zero-order valence-corrected chi connectivity index (χ0v) is 20.1. The zero-order chi connectivity index (χ0) is 24.7. The molecule has 1 N–H and O–H groups in total. The van der Waals surface area contributed by atoms with Crippen LogP contribution >= 0.6 is 11.6 Å². The Bertz CT molecular complexity index is 1550. The number of hydrogen-bond donors (Lipinski definition) is 1. The standard InChI is InChI=1S/C25H21ClFN3O4S/c26-22-12-28-18(13-31)11-21(22)25-20-6-1-16(24(32)9-15-7-8-35(33,34)14-15)10-23(20)30(29-25)19-4-2-17(27)3-5-19/h1-6,10-12,15,31H,7-9,13-14H2. The molecule has 3 heterocycles. The number of aliphatic hydroxyl groups is 1. The number of hydrogen-bond acceptors (Lipinski definition) is 6. The Hall–Kier alpha value is -3.14. The highest BCUT2D eigenvalue weighted by Gasteiger charge is 2.30. The summed E-state index contributed by atoms with van der Waals surface area (Å²) < 4.78 is 38.8. The molecule has 1 unspecified atom stereocenters. The summed E-state index contributed by atoms with van der Waals surface area (Å²) >= 11 is 6.42. The molecule has 0 saturated carbocycles. The second-order valence-corrected chi connectivity index (χ2v) is 11.3. The lowest BCUT2D eigenvalue weighted by Crippen LogP contribution is -2.11. The van der Waals surface area contributed by atoms with Crippen LogP contribution in [0.2, 0.25) is 5.02 Å². The summed E-state index contributed by atoms with van der Waals surface area (Å²) in [5, 5.41) is 15.3. The highest BCUT2D eigenvalue weighted by atomic mass is 35.5. The second kappa shape index (κ2) is 9.14. The largest absolute Gasteiger partial charge is 0.390 e. The number of ketones is 1. The van der Waals surface area contributed by atoms with Gasteiger partial charge in [0.2, 0.25) is 0 Å². The van der Waals surface area contributed by atoms with Crippen molar-refractivity contribution >= 4 is 38.1 Å². The van der Waals surface area contributed by atoms with E-state index < -0.39 is 15.7 Å². The predicted octanol–water partition coefficient (Wildman–Crippen LogP) is 4.38. The van der Waals surface area contributed by atoms with Crippen molar-refractivity contribution in [2.24, 2.45) is 5.92 Å². The average molecular weight is 514 g/mol. The third-order valence-corrected chi connectivity index (χ3v) is 8.34. The first kappa shape index (κ1) is 23.6. The van der Waals surface area contributed by atoms with Crippen molar-refractivity contribution in [2.75, 3.05) is 11.5 Å². The number of carbonyl (C=O) groups excluding carboxylic acids is 1. The number of fused-ring (bicyclic) bond motifs is 1. The number of aliphatic hydroxyl groups excluding tert-OH is 1. The Labute approximate surface area is 206 Å². The van der Waals surface area contributed by atoms with Crippen molar-refractivity contribution < 1.29 is 22.7 Å². The van der Waals surface area contributed by atoms with Crippen molar-refractivity contribution in [3.8, 4) is 16.9 Å². The molecule has 0 bridgehead atoms. The second-order valence-electron chi connectivity index (χ2n) is 8.68. The SMILES string of the molecule is O=C(CC1CCS(=O)(=O)C1)c1ccc2c(-c3cc(CO)ncc3Cl)nn(-c3ccc(F)cc3)c2c1. The van der Waals surface area contributed by atoms with E-state index in [9.17, 15) is 22.7 Å². The van der Waals surface area contributed by atoms with Crippen molar-refractivity contribution in [2.45, 2.75) is 19.4 Å². The number of benzene rings is 2. The van der Waals surface area contributed by atoms with E-state index >= 15 is 0 Å². The molecule has 180 valence electrons. The third-order valence-electron chi connectivity index (χ3n) is 6.20. The molecule has 10 heteroatoms. The summed E-state index contributed by atoms with van der Waals surface area (Å²) in [6.45, 7) is -0.268. The van der Waals surface area contributed by atoms with Crippen molar-refractivity contribution in [1.82, 2.24) is 14.8 Å². The molecule has 1 saturated heterocycles. The average Bonchev–Trinajstić information content (AvgIpc) is 3.39. The molecular weight excluding hydrogens is 493 g/mol. The van der Waals surface area contributed by atoms with Crippen LogP contribution in [0.5, 0.6) is 0 Å². The zero-order valence-electron chi connectivity index (χ0n) is 18.5. The van der Waals surface area contributed by atoms with Gasteiger partial charge >= 0.3 is 0 Å². The summed E-state index contributed by atoms with van der Waals surface area (Å²) in [5.74, 6) is -0.572. The molecule has 0 amide bonds. The molecule has 2 aromatic carbocycles. The van der Waals surface area contributed by atoms with Gasteiger partial charge in [-0.2, -0.15) is 5.10 Å². The van der Waals surface area contributed by atoms with Gasteiger partial charge in [-0.05, 0) is 54.8 Å². The van der Waals surface area contributed by atoms with Gasteiger partial charge in [0.25, 0.3) is 0 Å². The number of halogens is 2. The van der Waals surface area contributed by atoms with E-state index in [0.29, 0.717) is 50.5 Å². The molecule has 1 aliphatic heterocycles. The maximum Gasteiger partial charge on any atom is 0.163 e. The van der Waals surface area contributed by atoms with Crippen LogP contribution in [0.25, 0.3) is 27.8 Å². The molecule has 35 heavy (non-hydrogen) atoms. The summed E-state index contributed by atoms with van der Waals surface area (Å²) in [5.41, 5.74) is 3.14. The predicted molar refractivity (Wildman–Crippen MR) is 131 cm³/mol. The smallest absolute Gasteiger partial charge is 0.163 e. The van der Waals surface area contributed by atoms with Crippen LogP contribution < -0.4 is 0 Å². The first-order valence-corrected chi connectivity index (χ1v) is 13.2. The molecule has 2 aromatic heterocycles. The van der Waals surface area contributed by atoms with E-state index in [1.54, 1.807) is 41.1 Å². The highest BCUT2D eigenvalue weighted by molar-refractivity contribution is 7.91. The number of carbonyl (C=O) groups is 1. The number of sulfone groups is 1. The van der Waals surface area contributed by atoms with Crippen LogP contribution in [0.3, 0.4) is 0 Å². The van der Waals surface area contributed by atoms with E-state index in [1.807, 2.05) is 0 Å². The Morgan fingerprint density at radius 2 is 1.94 bits per heavy atom. The molecule has 5 rings (SSSR count). The quantitative estimate of drug-likeness (QED) is 0.384. The van der Waals surface area contributed by atoms with Gasteiger partial charge in [-0.15, -0.1) is 0 Å². The van der Waals surface area contributed by atoms with Crippen molar-refractivity contribution in [3.05, 3.63) is 76.8 Å². The number of rotatable bonds is 6. The fourth-order valence-corrected chi connectivity index (χ4v) is 6.48. The van der Waals surface area contributed by atoms with Gasteiger partial charge in [-0.25, -0.2) is 17.5 Å². The maximum absolute atomic E-state index is 13.6. The molecule has 0 aliphatic carbocycles. The van der Waals surface area contributed by atoms with Crippen LogP contribution in [0, 0.1) is 11.7 Å². The summed E-state index contributed by atoms with van der Waals surface area (Å²) in [6.07, 6.45) is 2.08. The normalized spacial score (nSPS) is 17.2. The van der Waals surface area contributed by atoms with Gasteiger partial charge in [-0.3, -0.25) is 9.78 Å². The fourth-order valence-electron chi connectivity index (χ4n) is 4.43. The fraction of sp³-hybridized carbons (Fsp3) is 0.240. The Kier molecular flexibility index (Phi) is 6.16. The van der Waals surface area contributed by atoms with Gasteiger partial charge in [0.05, 0.1) is 40.0 Å². The molecule has 7 nitrogen and oxygen atoms in total. The van der Waals surface area contributed by atoms with Crippen LogP contribution in [-0.2, 0) is 16.4 Å². The monoisotopic (exact) mass is 513 g/mol. The minimum absolute atomic E-state index is 0.0341. The highest BCUT2D eigenvalue weighted by Crippen LogP contribution is 2.35. The number of nitrogens with zero attached hydrogens (tertiary/aromatic N) is 3. The lowest BCUT2D eigenvalue weighted by atomic mass is 9.97. The molecule has 4 aromatic rings. The first-order chi connectivity index (χ1) is 16.7. The summed E-state index contributed by atoms with van der Waals surface area (Å²) in [4.78, 5) is 17.1. The van der Waals surface area contributed by atoms with Gasteiger partial charge in [0.1, 0.15) is 11.5 Å². The third kappa shape index (κ3) is 4.71. The summed E-state index contributed by atoms with van der Waals surface area (Å²) in [6, 6.07) is 12.6. The Morgan fingerprint density at radius 1 is 1.17 bits per heavy atom. The minimum atomic E-state index is -3.07. The van der Waals surface area contributed by atoms with E-state index in [1.165, 1.54) is 18.3 Å². The minimum Gasteiger partial charge on any atom is -0.390 e. The molecule has 0 spiro atoms. The molecule has 0 radical (unpaired) electrons. The summed E-state index contributed by atoms with van der Waals surface area (Å²) in [7, 11) is -3.07. The van der Waals surface area contributed by atoms with Gasteiger partial charge in [0.15, 0.2) is 15.6 Å². The van der Waals surface area contributed by atoms with Crippen LogP contribution in [-0.4, -0.2) is 45.6 Å². The Morgan fingerprint density at radius 3 is 2.63 bits per heavy atom. The van der Waals surface area contributed by atoms with E-state index in [4.69, 9.17) is 16.7 Å². The van der Waals surface area contributed by atoms with E-state index in [0.717, 1.165) is 0 Å². The lowest BCUT2D eigenvalue weighted by molar-refractivity contribution is 0.0966. The van der Waals surface area contributed by atoms with E-state index in [-0.39, 0.29) is 36.2 Å². The maximum atomic E-state index is 13.6. The molecule has 1 aliphatic rings. The van der Waals surface area contributed by atoms with Crippen molar-refractivity contribution in [1.29, 1.82) is 0 Å². The number of aromatic nitrogens is 3. The molecular formula is C25H21ClFN3O4S. The van der Waals surface area contributed by atoms with Crippen molar-refractivity contribution in [3.63, 3.8) is 0 Å².